The normalized spacial score (nSPS) is 22.6. The van der Waals surface area contributed by atoms with Gasteiger partial charge < -0.3 is 5.32 Å². The maximum atomic E-state index is 12.2. The topological polar surface area (TPSA) is 42.0 Å². The Balaban J connectivity index is 2.63. The molecule has 2 heterocycles. The molecule has 21 heavy (non-hydrogen) atoms. The van der Waals surface area contributed by atoms with Gasteiger partial charge in [-0.05, 0) is 26.7 Å². The highest BCUT2D eigenvalue weighted by Crippen LogP contribution is 2.42. The lowest BCUT2D eigenvalue weighted by atomic mass is 10.0. The predicted molar refractivity (Wildman–Crippen MR) is 88.8 cm³/mol. The smallest absolute Gasteiger partial charge is 0.280 e. The number of amides is 1. The van der Waals surface area contributed by atoms with Gasteiger partial charge in [-0.25, -0.2) is 4.98 Å². The van der Waals surface area contributed by atoms with Gasteiger partial charge in [0.25, 0.3) is 5.91 Å². The minimum Gasteiger partial charge on any atom is -0.314 e. The SMILES string of the molecule is CCCC(C)[N+]1(CCC)CC(=O)Nc2c1cc(C)nc2Cl. The van der Waals surface area contributed by atoms with Crippen molar-refractivity contribution in [2.24, 2.45) is 0 Å². The van der Waals surface area contributed by atoms with Crippen molar-refractivity contribution in [3.05, 3.63) is 16.9 Å². The number of halogens is 1. The number of carbonyl (C=O) groups excluding carboxylic acids is 1. The van der Waals surface area contributed by atoms with E-state index in [2.05, 4.69) is 37.1 Å². The van der Waals surface area contributed by atoms with E-state index in [9.17, 15) is 4.79 Å². The first-order valence-corrected chi connectivity index (χ1v) is 8.16. The number of aryl methyl sites for hydroxylation is 1. The molecule has 2 unspecified atom stereocenters. The number of rotatable bonds is 5. The molecule has 1 aromatic heterocycles. The number of pyridine rings is 1. The average Bonchev–Trinajstić information content (AvgIpc) is 2.40. The number of hydrogen-bond donors (Lipinski definition) is 1. The van der Waals surface area contributed by atoms with Crippen LogP contribution in [0.25, 0.3) is 0 Å². The second-order valence-electron chi connectivity index (χ2n) is 6.05. The lowest BCUT2D eigenvalue weighted by molar-refractivity contribution is -0.118. The fourth-order valence-corrected chi connectivity index (χ4v) is 3.76. The predicted octanol–water partition coefficient (Wildman–Crippen LogP) is 3.90. The van der Waals surface area contributed by atoms with E-state index in [1.807, 2.05) is 6.92 Å². The van der Waals surface area contributed by atoms with E-state index in [1.54, 1.807) is 0 Å². The van der Waals surface area contributed by atoms with Gasteiger partial charge in [0.1, 0.15) is 5.69 Å². The van der Waals surface area contributed by atoms with Crippen molar-refractivity contribution >= 4 is 28.9 Å². The summed E-state index contributed by atoms with van der Waals surface area (Å²) in [5.41, 5.74) is 2.72. The standard InChI is InChI=1S/C16H24ClN3O/c1-5-7-12(4)20(8-6-2)10-14(21)19-15-13(20)9-11(3)18-16(15)17/h9,12H,5-8,10H2,1-4H3/p+1. The number of nitrogens with zero attached hydrogens (tertiary/aromatic N) is 2. The molecule has 116 valence electrons. The van der Waals surface area contributed by atoms with E-state index in [1.165, 1.54) is 0 Å². The van der Waals surface area contributed by atoms with Crippen LogP contribution in [0.5, 0.6) is 0 Å². The monoisotopic (exact) mass is 310 g/mol. The van der Waals surface area contributed by atoms with Crippen molar-refractivity contribution in [2.75, 3.05) is 18.4 Å². The molecule has 0 saturated carbocycles. The van der Waals surface area contributed by atoms with Crippen molar-refractivity contribution in [1.29, 1.82) is 0 Å². The first kappa shape index (κ1) is 16.2. The van der Waals surface area contributed by atoms with Crippen LogP contribution >= 0.6 is 11.6 Å². The van der Waals surface area contributed by atoms with Gasteiger partial charge in [0, 0.05) is 11.8 Å². The maximum absolute atomic E-state index is 12.2. The van der Waals surface area contributed by atoms with E-state index in [4.69, 9.17) is 11.6 Å². The van der Waals surface area contributed by atoms with E-state index in [0.29, 0.717) is 27.9 Å². The molecule has 1 aliphatic heterocycles. The average molecular weight is 311 g/mol. The molecule has 2 atom stereocenters. The van der Waals surface area contributed by atoms with Crippen molar-refractivity contribution in [2.45, 2.75) is 53.0 Å². The van der Waals surface area contributed by atoms with Gasteiger partial charge in [0.05, 0.1) is 12.6 Å². The minimum absolute atomic E-state index is 0.0338. The number of fused-ring (bicyclic) bond motifs is 1. The number of nitrogens with one attached hydrogen (secondary N) is 1. The van der Waals surface area contributed by atoms with Gasteiger partial charge in [-0.1, -0.05) is 31.9 Å². The lowest BCUT2D eigenvalue weighted by Gasteiger charge is -2.45. The summed E-state index contributed by atoms with van der Waals surface area (Å²) in [7, 11) is 0. The Kier molecular flexibility index (Phi) is 4.89. The van der Waals surface area contributed by atoms with Crippen molar-refractivity contribution < 1.29 is 4.79 Å². The van der Waals surface area contributed by atoms with Crippen LogP contribution in [0.1, 0.15) is 45.7 Å². The van der Waals surface area contributed by atoms with Crippen molar-refractivity contribution in [3.63, 3.8) is 0 Å². The van der Waals surface area contributed by atoms with Crippen LogP contribution in [0.15, 0.2) is 6.07 Å². The van der Waals surface area contributed by atoms with Crippen LogP contribution in [-0.2, 0) is 4.79 Å². The minimum atomic E-state index is 0.0338. The van der Waals surface area contributed by atoms with Gasteiger partial charge in [-0.15, -0.1) is 0 Å². The van der Waals surface area contributed by atoms with Gasteiger partial charge in [0.2, 0.25) is 0 Å². The summed E-state index contributed by atoms with van der Waals surface area (Å²) < 4.78 is 0.689. The van der Waals surface area contributed by atoms with E-state index in [0.717, 1.165) is 37.2 Å². The summed E-state index contributed by atoms with van der Waals surface area (Å²) >= 11 is 6.29. The molecule has 0 fully saturated rings. The van der Waals surface area contributed by atoms with Crippen LogP contribution in [0.2, 0.25) is 5.15 Å². The Hall–Kier alpha value is -1.13. The molecule has 0 aliphatic carbocycles. The molecule has 5 heteroatoms. The largest absolute Gasteiger partial charge is 0.314 e. The Labute approximate surface area is 132 Å². The molecule has 1 aliphatic rings. The van der Waals surface area contributed by atoms with Gasteiger partial charge in [-0.2, -0.15) is 0 Å². The summed E-state index contributed by atoms with van der Waals surface area (Å²) in [6.45, 7) is 9.98. The summed E-state index contributed by atoms with van der Waals surface area (Å²) in [5, 5.41) is 3.32. The lowest BCUT2D eigenvalue weighted by Crippen LogP contribution is -2.62. The third kappa shape index (κ3) is 2.92. The van der Waals surface area contributed by atoms with Crippen LogP contribution in [0.3, 0.4) is 0 Å². The zero-order chi connectivity index (χ0) is 15.6. The number of aromatic nitrogens is 1. The summed E-state index contributed by atoms with van der Waals surface area (Å²) in [5.74, 6) is 0.0338. The number of carbonyl (C=O) groups is 1. The highest BCUT2D eigenvalue weighted by molar-refractivity contribution is 6.33. The summed E-state index contributed by atoms with van der Waals surface area (Å²) in [6, 6.07) is 2.47. The Bertz CT molecular complexity index is 547. The molecule has 0 saturated heterocycles. The molecule has 1 N–H and O–H groups in total. The molecule has 4 nitrogen and oxygen atoms in total. The molecule has 1 amide bonds. The zero-order valence-electron chi connectivity index (χ0n) is 13.4. The fraction of sp³-hybridized carbons (Fsp3) is 0.625. The molecule has 2 rings (SSSR count). The van der Waals surface area contributed by atoms with Gasteiger partial charge in [0.15, 0.2) is 17.4 Å². The quantitative estimate of drug-likeness (QED) is 0.662. The number of hydrogen-bond acceptors (Lipinski definition) is 2. The summed E-state index contributed by atoms with van der Waals surface area (Å²) in [6.07, 6.45) is 3.23. The highest BCUT2D eigenvalue weighted by atomic mass is 35.5. The molecule has 1 aromatic rings. The number of anilines is 1. The van der Waals surface area contributed by atoms with Crippen LogP contribution in [0.4, 0.5) is 11.4 Å². The third-order valence-corrected chi connectivity index (χ3v) is 4.70. The highest BCUT2D eigenvalue weighted by Gasteiger charge is 2.44. The Morgan fingerprint density at radius 1 is 1.43 bits per heavy atom. The molecule has 0 bridgehead atoms. The second kappa shape index (κ2) is 6.32. The van der Waals surface area contributed by atoms with Crippen LogP contribution < -0.4 is 9.80 Å². The summed E-state index contributed by atoms with van der Waals surface area (Å²) in [4.78, 5) is 16.5. The fourth-order valence-electron chi connectivity index (χ4n) is 3.48. The van der Waals surface area contributed by atoms with Crippen molar-refractivity contribution in [3.8, 4) is 0 Å². The van der Waals surface area contributed by atoms with Crippen LogP contribution in [0, 0.1) is 6.92 Å². The third-order valence-electron chi connectivity index (χ3n) is 4.43. The van der Waals surface area contributed by atoms with E-state index in [-0.39, 0.29) is 5.91 Å². The van der Waals surface area contributed by atoms with Gasteiger partial charge >= 0.3 is 0 Å². The first-order chi connectivity index (χ1) is 9.94. The zero-order valence-corrected chi connectivity index (χ0v) is 14.1. The molecule has 0 aromatic carbocycles. The maximum Gasteiger partial charge on any atom is 0.280 e. The Morgan fingerprint density at radius 2 is 2.14 bits per heavy atom. The van der Waals surface area contributed by atoms with Crippen LogP contribution in [-0.4, -0.2) is 30.0 Å². The van der Waals surface area contributed by atoms with Gasteiger partial charge in [-0.3, -0.25) is 9.28 Å². The first-order valence-electron chi connectivity index (χ1n) is 7.79. The second-order valence-corrected chi connectivity index (χ2v) is 6.41. The Morgan fingerprint density at radius 3 is 2.76 bits per heavy atom. The van der Waals surface area contributed by atoms with E-state index < -0.39 is 0 Å². The van der Waals surface area contributed by atoms with Crippen molar-refractivity contribution in [1.82, 2.24) is 9.47 Å². The molecular weight excluding hydrogens is 286 g/mol. The molecule has 0 radical (unpaired) electrons. The molecule has 0 spiro atoms. The molecular formula is C16H25ClN3O+. The van der Waals surface area contributed by atoms with E-state index >= 15 is 0 Å². The number of quaternary nitrogens is 1.